The Labute approximate surface area is 142 Å². The third kappa shape index (κ3) is 4.85. The van der Waals surface area contributed by atoms with E-state index in [9.17, 15) is 0 Å². The van der Waals surface area contributed by atoms with E-state index in [1.54, 1.807) is 0 Å². The SMILES string of the molecule is CCNC(=NCC1CCN(C2CC2)C1)N1CCC(CC(C)C)C1. The molecule has 0 amide bonds. The summed E-state index contributed by atoms with van der Waals surface area (Å²) in [5.74, 6) is 3.61. The van der Waals surface area contributed by atoms with E-state index in [1.165, 1.54) is 64.2 Å². The molecule has 2 heterocycles. The number of nitrogens with one attached hydrogen (secondary N) is 1. The molecule has 2 aliphatic heterocycles. The first-order chi connectivity index (χ1) is 11.2. The lowest BCUT2D eigenvalue weighted by Crippen LogP contribution is -2.40. The topological polar surface area (TPSA) is 30.9 Å². The minimum atomic E-state index is 0.776. The number of guanidine groups is 1. The van der Waals surface area contributed by atoms with E-state index < -0.39 is 0 Å². The molecule has 0 aromatic heterocycles. The van der Waals surface area contributed by atoms with Gasteiger partial charge in [-0.05, 0) is 63.3 Å². The van der Waals surface area contributed by atoms with Gasteiger partial charge < -0.3 is 15.1 Å². The summed E-state index contributed by atoms with van der Waals surface area (Å²) in [6.07, 6.45) is 6.90. The lowest BCUT2D eigenvalue weighted by molar-refractivity contribution is 0.315. The Kier molecular flexibility index (Phi) is 5.84. The molecule has 3 rings (SSSR count). The van der Waals surface area contributed by atoms with Gasteiger partial charge in [0.25, 0.3) is 0 Å². The number of likely N-dealkylation sites (tertiary alicyclic amines) is 2. The average molecular weight is 321 g/mol. The van der Waals surface area contributed by atoms with Crippen LogP contribution in [0.4, 0.5) is 0 Å². The number of hydrogen-bond donors (Lipinski definition) is 1. The van der Waals surface area contributed by atoms with E-state index in [0.717, 1.165) is 36.9 Å². The first-order valence-corrected chi connectivity index (χ1v) is 9.93. The molecule has 0 aromatic rings. The Morgan fingerprint density at radius 3 is 2.57 bits per heavy atom. The van der Waals surface area contributed by atoms with Gasteiger partial charge in [-0.2, -0.15) is 0 Å². The summed E-state index contributed by atoms with van der Waals surface area (Å²) in [4.78, 5) is 10.2. The van der Waals surface area contributed by atoms with Gasteiger partial charge in [-0.3, -0.25) is 4.99 Å². The molecule has 1 saturated carbocycles. The minimum absolute atomic E-state index is 0.776. The summed E-state index contributed by atoms with van der Waals surface area (Å²) in [7, 11) is 0. The summed E-state index contributed by atoms with van der Waals surface area (Å²) >= 11 is 0. The van der Waals surface area contributed by atoms with Gasteiger partial charge in [0.1, 0.15) is 0 Å². The van der Waals surface area contributed by atoms with Crippen molar-refractivity contribution in [2.75, 3.05) is 39.3 Å². The maximum atomic E-state index is 5.01. The van der Waals surface area contributed by atoms with Crippen molar-refractivity contribution in [3.8, 4) is 0 Å². The van der Waals surface area contributed by atoms with Gasteiger partial charge in [-0.1, -0.05) is 13.8 Å². The molecule has 1 N–H and O–H groups in total. The Morgan fingerprint density at radius 1 is 1.09 bits per heavy atom. The van der Waals surface area contributed by atoms with Crippen molar-refractivity contribution in [1.82, 2.24) is 15.1 Å². The molecule has 23 heavy (non-hydrogen) atoms. The van der Waals surface area contributed by atoms with Crippen molar-refractivity contribution >= 4 is 5.96 Å². The van der Waals surface area contributed by atoms with Gasteiger partial charge in [-0.25, -0.2) is 0 Å². The van der Waals surface area contributed by atoms with Crippen molar-refractivity contribution in [1.29, 1.82) is 0 Å². The quantitative estimate of drug-likeness (QED) is 0.603. The second-order valence-electron chi connectivity index (χ2n) is 8.31. The monoisotopic (exact) mass is 320 g/mol. The molecular weight excluding hydrogens is 284 g/mol. The van der Waals surface area contributed by atoms with Crippen molar-refractivity contribution in [2.45, 2.75) is 58.9 Å². The summed E-state index contributed by atoms with van der Waals surface area (Å²) in [5.41, 5.74) is 0. The summed E-state index contributed by atoms with van der Waals surface area (Å²) in [6, 6.07) is 0.924. The summed E-state index contributed by atoms with van der Waals surface area (Å²) < 4.78 is 0. The molecule has 2 saturated heterocycles. The van der Waals surface area contributed by atoms with Gasteiger partial charge in [0, 0.05) is 38.8 Å². The molecule has 0 spiro atoms. The fraction of sp³-hybridized carbons (Fsp3) is 0.947. The molecule has 3 aliphatic rings. The van der Waals surface area contributed by atoms with Crippen molar-refractivity contribution in [3.05, 3.63) is 0 Å². The molecule has 0 bridgehead atoms. The van der Waals surface area contributed by atoms with Crippen LogP contribution in [0.2, 0.25) is 0 Å². The molecule has 2 atom stereocenters. The van der Waals surface area contributed by atoms with E-state index in [-0.39, 0.29) is 0 Å². The molecule has 0 aromatic carbocycles. The first kappa shape index (κ1) is 17.1. The predicted octanol–water partition coefficient (Wildman–Crippen LogP) is 2.80. The van der Waals surface area contributed by atoms with Crippen LogP contribution in [0, 0.1) is 17.8 Å². The highest BCUT2D eigenvalue weighted by Gasteiger charge is 2.34. The van der Waals surface area contributed by atoms with Crippen LogP contribution >= 0.6 is 0 Å². The molecule has 1 aliphatic carbocycles. The highest BCUT2D eigenvalue weighted by molar-refractivity contribution is 5.80. The van der Waals surface area contributed by atoms with Gasteiger partial charge in [-0.15, -0.1) is 0 Å². The highest BCUT2D eigenvalue weighted by atomic mass is 15.3. The fourth-order valence-corrected chi connectivity index (χ4v) is 4.31. The number of hydrogen-bond acceptors (Lipinski definition) is 2. The van der Waals surface area contributed by atoms with Crippen LogP contribution in [0.5, 0.6) is 0 Å². The molecule has 2 unspecified atom stereocenters. The zero-order valence-electron chi connectivity index (χ0n) is 15.4. The van der Waals surface area contributed by atoms with Crippen LogP contribution < -0.4 is 5.32 Å². The molecular formula is C19H36N4. The first-order valence-electron chi connectivity index (χ1n) is 9.93. The second kappa shape index (κ2) is 7.87. The smallest absolute Gasteiger partial charge is 0.193 e. The molecule has 4 heteroatoms. The minimum Gasteiger partial charge on any atom is -0.357 e. The van der Waals surface area contributed by atoms with Gasteiger partial charge in [0.05, 0.1) is 0 Å². The standard InChI is InChI=1S/C19H36N4/c1-4-20-19(23-10-7-16(13-23)11-15(2)3)21-12-17-8-9-22(14-17)18-5-6-18/h15-18H,4-14H2,1-3H3,(H,20,21). The Bertz CT molecular complexity index is 402. The third-order valence-electron chi connectivity index (χ3n) is 5.60. The van der Waals surface area contributed by atoms with Crippen LogP contribution in [0.15, 0.2) is 4.99 Å². The normalized spacial score (nSPS) is 29.7. The fourth-order valence-electron chi connectivity index (χ4n) is 4.31. The molecule has 0 radical (unpaired) electrons. The summed E-state index contributed by atoms with van der Waals surface area (Å²) in [5, 5.41) is 3.53. The Morgan fingerprint density at radius 2 is 1.87 bits per heavy atom. The van der Waals surface area contributed by atoms with E-state index in [1.807, 2.05) is 0 Å². The van der Waals surface area contributed by atoms with Gasteiger partial charge in [0.15, 0.2) is 5.96 Å². The second-order valence-corrected chi connectivity index (χ2v) is 8.31. The molecule has 132 valence electrons. The zero-order valence-corrected chi connectivity index (χ0v) is 15.4. The van der Waals surface area contributed by atoms with E-state index in [4.69, 9.17) is 4.99 Å². The maximum Gasteiger partial charge on any atom is 0.193 e. The Hall–Kier alpha value is -0.770. The van der Waals surface area contributed by atoms with Gasteiger partial charge >= 0.3 is 0 Å². The molecule has 4 nitrogen and oxygen atoms in total. The highest BCUT2D eigenvalue weighted by Crippen LogP contribution is 2.31. The van der Waals surface area contributed by atoms with Gasteiger partial charge in [0.2, 0.25) is 0 Å². The largest absolute Gasteiger partial charge is 0.357 e. The summed E-state index contributed by atoms with van der Waals surface area (Å²) in [6.45, 7) is 13.8. The predicted molar refractivity (Wildman–Crippen MR) is 97.8 cm³/mol. The maximum absolute atomic E-state index is 5.01. The van der Waals surface area contributed by atoms with E-state index in [2.05, 4.69) is 35.9 Å². The van der Waals surface area contributed by atoms with E-state index >= 15 is 0 Å². The van der Waals surface area contributed by atoms with Crippen molar-refractivity contribution < 1.29 is 0 Å². The third-order valence-corrected chi connectivity index (χ3v) is 5.60. The van der Waals surface area contributed by atoms with Crippen molar-refractivity contribution in [2.24, 2.45) is 22.7 Å². The lowest BCUT2D eigenvalue weighted by atomic mass is 9.97. The van der Waals surface area contributed by atoms with E-state index in [0.29, 0.717) is 0 Å². The zero-order chi connectivity index (χ0) is 16.2. The average Bonchev–Trinajstić information content (AvgIpc) is 3.08. The number of rotatable bonds is 6. The van der Waals surface area contributed by atoms with Crippen LogP contribution in [-0.2, 0) is 0 Å². The van der Waals surface area contributed by atoms with Crippen LogP contribution in [0.1, 0.15) is 52.9 Å². The van der Waals surface area contributed by atoms with Crippen LogP contribution in [0.25, 0.3) is 0 Å². The van der Waals surface area contributed by atoms with Crippen LogP contribution in [0.3, 0.4) is 0 Å². The number of nitrogens with zero attached hydrogens (tertiary/aromatic N) is 3. The lowest BCUT2D eigenvalue weighted by Gasteiger charge is -2.22. The Balaban J connectivity index is 1.49. The van der Waals surface area contributed by atoms with Crippen molar-refractivity contribution in [3.63, 3.8) is 0 Å². The van der Waals surface area contributed by atoms with Crippen LogP contribution in [-0.4, -0.2) is 61.1 Å². The number of aliphatic imine (C=N–C) groups is 1. The molecule has 3 fully saturated rings.